The first kappa shape index (κ1) is 33.9. The fraction of sp³-hybridized carbons (Fsp3) is 0.0556. The molecule has 0 saturated carbocycles. The summed E-state index contributed by atoms with van der Waals surface area (Å²) in [5.74, 6) is 1.80. The zero-order valence-corrected chi connectivity index (χ0v) is 32.1. The fourth-order valence-electron chi connectivity index (χ4n) is 8.77. The predicted octanol–water partition coefficient (Wildman–Crippen LogP) is 14.1. The van der Waals surface area contributed by atoms with Gasteiger partial charge in [0.05, 0.1) is 0 Å². The van der Waals surface area contributed by atoms with Crippen molar-refractivity contribution >= 4 is 21.9 Å². The monoisotopic (exact) mass is 743 g/mol. The number of hydrogen-bond donors (Lipinski definition) is 0. The van der Waals surface area contributed by atoms with Gasteiger partial charge in [-0.1, -0.05) is 172 Å². The summed E-state index contributed by atoms with van der Waals surface area (Å²) in [5, 5.41) is 2.15. The molecule has 0 spiro atoms. The first-order chi connectivity index (χ1) is 28.5. The molecule has 1 aliphatic rings. The third kappa shape index (κ3) is 5.64. The summed E-state index contributed by atoms with van der Waals surface area (Å²) in [5.41, 5.74) is 16.5. The van der Waals surface area contributed by atoms with Gasteiger partial charge in [0.15, 0.2) is 17.5 Å². The molecule has 10 aromatic rings. The van der Waals surface area contributed by atoms with Gasteiger partial charge in [-0.2, -0.15) is 0 Å². The highest BCUT2D eigenvalue weighted by atomic mass is 16.3. The second kappa shape index (κ2) is 13.4. The van der Waals surface area contributed by atoms with Crippen LogP contribution in [0.2, 0.25) is 0 Å². The first-order valence-corrected chi connectivity index (χ1v) is 19.8. The number of aromatic nitrogens is 3. The number of fused-ring (bicyclic) bond motifs is 6. The van der Waals surface area contributed by atoms with Gasteiger partial charge in [-0.3, -0.25) is 0 Å². The van der Waals surface area contributed by atoms with Crippen LogP contribution in [0.1, 0.15) is 25.0 Å². The molecule has 0 bridgehead atoms. The standard InChI is InChI=1S/C54H37N3O/c1-54(2)46-21-10-9-19-43(46)45-32-39(28-30-47(45)54)38-17-11-18-40(31-38)52-55-51(37-25-23-35(24-26-37)34-13-5-3-6-14-34)56-53(57-52)41-27-29-44-49(33-41)58-48-22-12-20-42(50(44)48)36-15-7-4-8-16-36/h3-33H,1-2H3. The second-order valence-corrected chi connectivity index (χ2v) is 15.6. The van der Waals surface area contributed by atoms with Gasteiger partial charge in [0.25, 0.3) is 0 Å². The Morgan fingerprint density at radius 3 is 1.64 bits per heavy atom. The van der Waals surface area contributed by atoms with Crippen molar-refractivity contribution in [2.45, 2.75) is 19.3 Å². The third-order valence-corrected chi connectivity index (χ3v) is 11.8. The molecule has 0 saturated heterocycles. The topological polar surface area (TPSA) is 51.8 Å². The number of nitrogens with zero attached hydrogens (tertiary/aromatic N) is 3. The van der Waals surface area contributed by atoms with Crippen LogP contribution >= 0.6 is 0 Å². The number of rotatable bonds is 6. The molecule has 0 amide bonds. The Hall–Kier alpha value is -7.43. The maximum Gasteiger partial charge on any atom is 0.164 e. The Kier molecular flexibility index (Phi) is 7.80. The van der Waals surface area contributed by atoms with Crippen molar-refractivity contribution in [3.63, 3.8) is 0 Å². The van der Waals surface area contributed by atoms with Crippen molar-refractivity contribution in [2.24, 2.45) is 0 Å². The van der Waals surface area contributed by atoms with Crippen molar-refractivity contribution in [1.29, 1.82) is 0 Å². The van der Waals surface area contributed by atoms with Gasteiger partial charge >= 0.3 is 0 Å². The minimum absolute atomic E-state index is 0.0428. The Morgan fingerprint density at radius 2 is 0.862 bits per heavy atom. The third-order valence-electron chi connectivity index (χ3n) is 11.8. The summed E-state index contributed by atoms with van der Waals surface area (Å²) in [6.45, 7) is 4.63. The summed E-state index contributed by atoms with van der Waals surface area (Å²) in [4.78, 5) is 15.4. The van der Waals surface area contributed by atoms with Gasteiger partial charge in [-0.05, 0) is 86.0 Å². The van der Waals surface area contributed by atoms with Crippen molar-refractivity contribution in [1.82, 2.24) is 15.0 Å². The van der Waals surface area contributed by atoms with Crippen LogP contribution in [0.15, 0.2) is 192 Å². The van der Waals surface area contributed by atoms with Crippen molar-refractivity contribution in [3.05, 3.63) is 199 Å². The van der Waals surface area contributed by atoms with E-state index < -0.39 is 0 Å². The van der Waals surface area contributed by atoms with E-state index in [1.165, 1.54) is 22.3 Å². The lowest BCUT2D eigenvalue weighted by Gasteiger charge is -2.21. The molecule has 0 unspecified atom stereocenters. The average molecular weight is 744 g/mol. The number of benzene rings is 8. The lowest BCUT2D eigenvalue weighted by Crippen LogP contribution is -2.14. The van der Waals surface area contributed by atoms with E-state index in [-0.39, 0.29) is 5.41 Å². The van der Waals surface area contributed by atoms with Gasteiger partial charge < -0.3 is 4.42 Å². The molecule has 4 heteroatoms. The van der Waals surface area contributed by atoms with Crippen LogP contribution in [-0.2, 0) is 5.41 Å². The zero-order chi connectivity index (χ0) is 38.8. The molecule has 0 N–H and O–H groups in total. The number of hydrogen-bond acceptors (Lipinski definition) is 4. The Labute approximate surface area is 337 Å². The minimum Gasteiger partial charge on any atom is -0.456 e. The quantitative estimate of drug-likeness (QED) is 0.170. The van der Waals surface area contributed by atoms with Crippen molar-refractivity contribution in [2.75, 3.05) is 0 Å². The van der Waals surface area contributed by atoms with Crippen LogP contribution in [0, 0.1) is 0 Å². The average Bonchev–Trinajstić information content (AvgIpc) is 3.78. The molecule has 2 aromatic heterocycles. The van der Waals surface area contributed by atoms with Crippen LogP contribution < -0.4 is 0 Å². The van der Waals surface area contributed by atoms with Crippen LogP contribution in [0.3, 0.4) is 0 Å². The highest BCUT2D eigenvalue weighted by Gasteiger charge is 2.35. The van der Waals surface area contributed by atoms with Crippen LogP contribution in [0.4, 0.5) is 0 Å². The van der Waals surface area contributed by atoms with E-state index in [1.54, 1.807) is 0 Å². The molecular formula is C54H37N3O. The van der Waals surface area contributed by atoms with Crippen molar-refractivity contribution < 1.29 is 4.42 Å². The Bertz CT molecular complexity index is 3180. The summed E-state index contributed by atoms with van der Waals surface area (Å²) in [7, 11) is 0. The molecule has 274 valence electrons. The van der Waals surface area contributed by atoms with E-state index in [4.69, 9.17) is 19.4 Å². The molecule has 2 heterocycles. The molecule has 0 aliphatic heterocycles. The van der Waals surface area contributed by atoms with E-state index in [0.717, 1.165) is 72.0 Å². The largest absolute Gasteiger partial charge is 0.456 e. The SMILES string of the molecule is CC1(C)c2ccccc2-c2cc(-c3cccc(-c4nc(-c5ccc(-c6ccccc6)cc5)nc(-c5ccc6c(c5)oc5cccc(-c7ccccc7)c56)n4)c3)ccc21. The van der Waals surface area contributed by atoms with E-state index in [1.807, 2.05) is 18.2 Å². The van der Waals surface area contributed by atoms with Crippen LogP contribution in [0.25, 0.3) is 101 Å². The van der Waals surface area contributed by atoms with Crippen LogP contribution in [0.5, 0.6) is 0 Å². The summed E-state index contributed by atoms with van der Waals surface area (Å²) in [6, 6.07) is 66.1. The lowest BCUT2D eigenvalue weighted by atomic mass is 9.82. The van der Waals surface area contributed by atoms with Crippen molar-refractivity contribution in [3.8, 4) is 78.7 Å². The Morgan fingerprint density at radius 1 is 0.345 bits per heavy atom. The molecule has 11 rings (SSSR count). The van der Waals surface area contributed by atoms with E-state index in [9.17, 15) is 0 Å². The minimum atomic E-state index is -0.0428. The second-order valence-electron chi connectivity index (χ2n) is 15.6. The van der Waals surface area contributed by atoms with Gasteiger partial charge in [0, 0.05) is 32.9 Å². The van der Waals surface area contributed by atoms with E-state index >= 15 is 0 Å². The summed E-state index contributed by atoms with van der Waals surface area (Å²) in [6.07, 6.45) is 0. The molecule has 58 heavy (non-hydrogen) atoms. The molecule has 0 atom stereocenters. The molecule has 0 radical (unpaired) electrons. The zero-order valence-electron chi connectivity index (χ0n) is 32.1. The number of furan rings is 1. The fourth-order valence-corrected chi connectivity index (χ4v) is 8.77. The maximum atomic E-state index is 6.52. The predicted molar refractivity (Wildman–Crippen MR) is 237 cm³/mol. The van der Waals surface area contributed by atoms with E-state index in [0.29, 0.717) is 17.5 Å². The molecular weight excluding hydrogens is 707 g/mol. The molecule has 1 aliphatic carbocycles. The Balaban J connectivity index is 1.04. The lowest BCUT2D eigenvalue weighted by molar-refractivity contribution is 0.660. The van der Waals surface area contributed by atoms with Gasteiger partial charge in [-0.25, -0.2) is 15.0 Å². The van der Waals surface area contributed by atoms with E-state index in [2.05, 4.69) is 184 Å². The van der Waals surface area contributed by atoms with Crippen LogP contribution in [-0.4, -0.2) is 15.0 Å². The molecule has 4 nitrogen and oxygen atoms in total. The highest BCUT2D eigenvalue weighted by Crippen LogP contribution is 2.49. The highest BCUT2D eigenvalue weighted by molar-refractivity contribution is 6.13. The van der Waals surface area contributed by atoms with Gasteiger partial charge in [0.1, 0.15) is 11.2 Å². The molecule has 8 aromatic carbocycles. The van der Waals surface area contributed by atoms with Gasteiger partial charge in [-0.15, -0.1) is 0 Å². The van der Waals surface area contributed by atoms with Gasteiger partial charge in [0.2, 0.25) is 0 Å². The maximum absolute atomic E-state index is 6.52. The summed E-state index contributed by atoms with van der Waals surface area (Å²) >= 11 is 0. The smallest absolute Gasteiger partial charge is 0.164 e. The molecule has 0 fully saturated rings. The normalized spacial score (nSPS) is 12.8. The summed E-state index contributed by atoms with van der Waals surface area (Å²) < 4.78 is 6.52. The first-order valence-electron chi connectivity index (χ1n) is 19.8.